The molecule has 0 bridgehead atoms. The molecule has 1 N–H and O–H groups in total. The summed E-state index contributed by atoms with van der Waals surface area (Å²) in [5.41, 5.74) is 0.592. The van der Waals surface area contributed by atoms with Crippen LogP contribution >= 0.6 is 11.8 Å². The number of nitrogens with one attached hydrogen (secondary N) is 1. The fourth-order valence-corrected chi connectivity index (χ4v) is 3.64. The number of nitrogens with zero attached hydrogens (tertiary/aromatic N) is 2. The van der Waals surface area contributed by atoms with E-state index in [1.807, 2.05) is 36.4 Å². The highest BCUT2D eigenvalue weighted by molar-refractivity contribution is 7.99. The Bertz CT molecular complexity index is 1150. The van der Waals surface area contributed by atoms with Crippen LogP contribution in [0, 0.1) is 0 Å². The number of amides is 1. The zero-order chi connectivity index (χ0) is 20.9. The monoisotopic (exact) mass is 425 g/mol. The van der Waals surface area contributed by atoms with Crippen LogP contribution in [0.15, 0.2) is 62.3 Å². The maximum Gasteiger partial charge on any atom is 0.322 e. The Labute approximate surface area is 176 Å². The minimum Gasteiger partial charge on any atom is -0.497 e. The van der Waals surface area contributed by atoms with Crippen LogP contribution in [0.2, 0.25) is 0 Å². The predicted molar refractivity (Wildman–Crippen MR) is 113 cm³/mol. The van der Waals surface area contributed by atoms with Crippen LogP contribution in [0.3, 0.4) is 0 Å². The van der Waals surface area contributed by atoms with Gasteiger partial charge in [0, 0.05) is 22.5 Å². The lowest BCUT2D eigenvalue weighted by Crippen LogP contribution is -2.12. The van der Waals surface area contributed by atoms with Gasteiger partial charge in [-0.1, -0.05) is 17.2 Å². The second kappa shape index (κ2) is 8.91. The molecule has 0 radical (unpaired) electrons. The SMILES string of the molecule is COc1ccc(SCCC(=O)Nc2nnc(-c3cc4cccc(OC)c4o3)o2)cc1. The minimum atomic E-state index is -0.211. The van der Waals surface area contributed by atoms with Crippen LogP contribution in [0.4, 0.5) is 6.01 Å². The minimum absolute atomic E-state index is 0.0249. The number of methoxy groups -OCH3 is 2. The summed E-state index contributed by atoms with van der Waals surface area (Å²) in [6.45, 7) is 0. The maximum atomic E-state index is 12.2. The van der Waals surface area contributed by atoms with Crippen LogP contribution < -0.4 is 14.8 Å². The van der Waals surface area contributed by atoms with Crippen LogP contribution in [0.5, 0.6) is 11.5 Å². The van der Waals surface area contributed by atoms with Gasteiger partial charge in [0.15, 0.2) is 17.1 Å². The number of aromatic nitrogens is 2. The summed E-state index contributed by atoms with van der Waals surface area (Å²) in [7, 11) is 3.20. The van der Waals surface area contributed by atoms with Crippen LogP contribution in [0.1, 0.15) is 6.42 Å². The molecule has 1 amide bonds. The molecule has 0 atom stereocenters. The van der Waals surface area contributed by atoms with E-state index in [0.29, 0.717) is 29.3 Å². The fraction of sp³-hybridized carbons (Fsp3) is 0.190. The lowest BCUT2D eigenvalue weighted by Gasteiger charge is -2.03. The maximum absolute atomic E-state index is 12.2. The number of anilines is 1. The van der Waals surface area contributed by atoms with Gasteiger partial charge >= 0.3 is 6.01 Å². The number of carbonyl (C=O) groups is 1. The summed E-state index contributed by atoms with van der Waals surface area (Å²) in [6.07, 6.45) is 0.302. The molecule has 9 heteroatoms. The zero-order valence-electron chi connectivity index (χ0n) is 16.4. The molecule has 0 aliphatic heterocycles. The molecule has 0 spiro atoms. The number of rotatable bonds is 8. The van der Waals surface area contributed by atoms with Gasteiger partial charge in [-0.2, -0.15) is 0 Å². The van der Waals surface area contributed by atoms with Crippen molar-refractivity contribution in [1.29, 1.82) is 0 Å². The molecular formula is C21H19N3O5S. The van der Waals surface area contributed by atoms with Crippen molar-refractivity contribution in [3.63, 3.8) is 0 Å². The molecule has 0 unspecified atom stereocenters. The number of thioether (sulfide) groups is 1. The van der Waals surface area contributed by atoms with E-state index < -0.39 is 0 Å². The van der Waals surface area contributed by atoms with E-state index in [-0.39, 0.29) is 17.8 Å². The van der Waals surface area contributed by atoms with E-state index in [9.17, 15) is 4.79 Å². The molecule has 8 nitrogen and oxygen atoms in total. The fourth-order valence-electron chi connectivity index (χ4n) is 2.79. The molecule has 0 aliphatic carbocycles. The molecule has 2 heterocycles. The number of hydrogen-bond acceptors (Lipinski definition) is 8. The van der Waals surface area contributed by atoms with Gasteiger partial charge in [-0.15, -0.1) is 16.9 Å². The summed E-state index contributed by atoms with van der Waals surface area (Å²) in [5, 5.41) is 11.3. The molecule has 0 aliphatic rings. The normalized spacial score (nSPS) is 10.9. The van der Waals surface area contributed by atoms with E-state index in [1.54, 1.807) is 38.1 Å². The molecular weight excluding hydrogens is 406 g/mol. The Morgan fingerprint density at radius 2 is 1.90 bits per heavy atom. The van der Waals surface area contributed by atoms with Crippen molar-refractivity contribution < 1.29 is 23.1 Å². The van der Waals surface area contributed by atoms with Crippen molar-refractivity contribution >= 4 is 34.7 Å². The molecule has 4 rings (SSSR count). The third-order valence-corrected chi connectivity index (χ3v) is 5.28. The topological polar surface area (TPSA) is 99.6 Å². The molecule has 154 valence electrons. The summed E-state index contributed by atoms with van der Waals surface area (Å²) in [4.78, 5) is 13.2. The number of furan rings is 1. The lowest BCUT2D eigenvalue weighted by molar-refractivity contribution is -0.115. The average molecular weight is 425 g/mol. The predicted octanol–water partition coefficient (Wildman–Crippen LogP) is 4.62. The van der Waals surface area contributed by atoms with Crippen molar-refractivity contribution in [3.05, 3.63) is 48.5 Å². The zero-order valence-corrected chi connectivity index (χ0v) is 17.2. The van der Waals surface area contributed by atoms with Crippen LogP contribution in [-0.4, -0.2) is 36.1 Å². The number of para-hydroxylation sites is 1. The van der Waals surface area contributed by atoms with E-state index >= 15 is 0 Å². The van der Waals surface area contributed by atoms with Gasteiger partial charge in [0.1, 0.15) is 5.75 Å². The van der Waals surface area contributed by atoms with Gasteiger partial charge in [0.2, 0.25) is 5.91 Å². The highest BCUT2D eigenvalue weighted by atomic mass is 32.2. The second-order valence-corrected chi connectivity index (χ2v) is 7.39. The highest BCUT2D eigenvalue weighted by Gasteiger charge is 2.16. The number of fused-ring (bicyclic) bond motifs is 1. The van der Waals surface area contributed by atoms with E-state index in [4.69, 9.17) is 18.3 Å². The molecule has 2 aromatic carbocycles. The summed E-state index contributed by atoms with van der Waals surface area (Å²) < 4.78 is 21.7. The first kappa shape index (κ1) is 19.8. The standard InChI is InChI=1S/C21H19N3O5S/c1-26-14-6-8-15(9-7-14)30-11-10-18(25)22-21-24-23-20(29-21)17-12-13-4-3-5-16(27-2)19(13)28-17/h3-9,12H,10-11H2,1-2H3,(H,22,24,25). The molecule has 2 aromatic heterocycles. The van der Waals surface area contributed by atoms with E-state index in [0.717, 1.165) is 16.0 Å². The molecule has 0 fully saturated rings. The van der Waals surface area contributed by atoms with Gasteiger partial charge in [0.05, 0.1) is 14.2 Å². The Morgan fingerprint density at radius 3 is 2.67 bits per heavy atom. The number of benzene rings is 2. The van der Waals surface area contributed by atoms with Gasteiger partial charge in [-0.05, 0) is 36.4 Å². The summed E-state index contributed by atoms with van der Waals surface area (Å²) >= 11 is 1.58. The second-order valence-electron chi connectivity index (χ2n) is 6.22. The first-order valence-corrected chi connectivity index (χ1v) is 10.1. The van der Waals surface area contributed by atoms with E-state index in [1.165, 1.54) is 0 Å². The summed E-state index contributed by atoms with van der Waals surface area (Å²) in [6, 6.07) is 15.0. The molecule has 0 saturated heterocycles. The Kier molecular flexibility index (Phi) is 5.89. The van der Waals surface area contributed by atoms with Crippen molar-refractivity contribution in [2.24, 2.45) is 0 Å². The van der Waals surface area contributed by atoms with E-state index in [2.05, 4.69) is 15.5 Å². The number of ether oxygens (including phenoxy) is 2. The third-order valence-electron chi connectivity index (χ3n) is 4.27. The van der Waals surface area contributed by atoms with Crippen molar-refractivity contribution in [1.82, 2.24) is 10.2 Å². The van der Waals surface area contributed by atoms with Crippen LogP contribution in [-0.2, 0) is 4.79 Å². The highest BCUT2D eigenvalue weighted by Crippen LogP contribution is 2.33. The summed E-state index contributed by atoms with van der Waals surface area (Å²) in [5.74, 6) is 2.39. The Morgan fingerprint density at radius 1 is 1.07 bits per heavy atom. The van der Waals surface area contributed by atoms with Gasteiger partial charge < -0.3 is 18.3 Å². The van der Waals surface area contributed by atoms with Crippen molar-refractivity contribution in [3.8, 4) is 23.1 Å². The van der Waals surface area contributed by atoms with Crippen molar-refractivity contribution in [2.45, 2.75) is 11.3 Å². The smallest absolute Gasteiger partial charge is 0.322 e. The van der Waals surface area contributed by atoms with Gasteiger partial charge in [-0.3, -0.25) is 10.1 Å². The quantitative estimate of drug-likeness (QED) is 0.408. The Balaban J connectivity index is 1.34. The lowest BCUT2D eigenvalue weighted by atomic mass is 10.2. The van der Waals surface area contributed by atoms with Crippen molar-refractivity contribution in [2.75, 3.05) is 25.3 Å². The van der Waals surface area contributed by atoms with Gasteiger partial charge in [0.25, 0.3) is 5.89 Å². The third kappa shape index (κ3) is 4.41. The first-order chi connectivity index (χ1) is 14.7. The first-order valence-electron chi connectivity index (χ1n) is 9.13. The molecule has 30 heavy (non-hydrogen) atoms. The number of carbonyl (C=O) groups excluding carboxylic acids is 1. The molecule has 0 saturated carbocycles. The molecule has 4 aromatic rings. The average Bonchev–Trinajstić information content (AvgIpc) is 3.40. The van der Waals surface area contributed by atoms with Crippen LogP contribution in [0.25, 0.3) is 22.6 Å². The Hall–Kier alpha value is -3.46. The number of hydrogen-bond donors (Lipinski definition) is 1. The largest absolute Gasteiger partial charge is 0.497 e. The van der Waals surface area contributed by atoms with Gasteiger partial charge in [-0.25, -0.2) is 0 Å².